The zero-order chi connectivity index (χ0) is 25.5. The Bertz CT molecular complexity index is 1080. The summed E-state index contributed by atoms with van der Waals surface area (Å²) in [6, 6.07) is 7.64. The number of ether oxygens (including phenoxy) is 3. The van der Waals surface area contributed by atoms with Gasteiger partial charge in [0.2, 0.25) is 11.8 Å². The Kier molecular flexibility index (Phi) is 8.85. The van der Waals surface area contributed by atoms with E-state index in [-0.39, 0.29) is 46.9 Å². The first kappa shape index (κ1) is 26.2. The minimum atomic E-state index is -0.415. The van der Waals surface area contributed by atoms with Crippen molar-refractivity contribution in [3.05, 3.63) is 40.9 Å². The zero-order valence-corrected chi connectivity index (χ0v) is 20.4. The average Bonchev–Trinajstić information content (AvgIpc) is 2.82. The van der Waals surface area contributed by atoms with Gasteiger partial charge < -0.3 is 30.6 Å². The minimum Gasteiger partial charge on any atom is -0.480 e. The van der Waals surface area contributed by atoms with Crippen LogP contribution in [0.4, 0.5) is 11.5 Å². The van der Waals surface area contributed by atoms with E-state index in [2.05, 4.69) is 15.6 Å². The van der Waals surface area contributed by atoms with Crippen LogP contribution in [0.1, 0.15) is 23.7 Å². The maximum atomic E-state index is 12.9. The number of hydrogen-bond donors (Lipinski definition) is 3. The van der Waals surface area contributed by atoms with Crippen molar-refractivity contribution >= 4 is 40.9 Å². The quantitative estimate of drug-likeness (QED) is 0.360. The van der Waals surface area contributed by atoms with E-state index in [0.717, 1.165) is 0 Å². The number of rotatable bonds is 8. The summed E-state index contributed by atoms with van der Waals surface area (Å²) in [5, 5.41) is 5.91. The van der Waals surface area contributed by atoms with Gasteiger partial charge in [-0.1, -0.05) is 11.6 Å². The number of methoxy groups -OCH3 is 2. The fraction of sp³-hybridized carbons (Fsp3) is 0.391. The minimum absolute atomic E-state index is 0.0711. The summed E-state index contributed by atoms with van der Waals surface area (Å²) >= 11 is 6.03. The fourth-order valence-corrected chi connectivity index (χ4v) is 3.91. The molecule has 2 unspecified atom stereocenters. The molecule has 188 valence electrons. The van der Waals surface area contributed by atoms with Gasteiger partial charge in [-0.05, 0) is 36.8 Å². The lowest BCUT2D eigenvalue weighted by atomic mass is 10.0. The molecule has 3 rings (SSSR count). The topological polar surface area (TPSA) is 145 Å². The molecule has 11 nitrogen and oxygen atoms in total. The van der Waals surface area contributed by atoms with E-state index in [9.17, 15) is 14.4 Å². The molecule has 1 saturated heterocycles. The van der Waals surface area contributed by atoms with Crippen molar-refractivity contribution in [1.29, 1.82) is 0 Å². The molecule has 0 bridgehead atoms. The lowest BCUT2D eigenvalue weighted by Gasteiger charge is -2.37. The van der Waals surface area contributed by atoms with Crippen LogP contribution >= 0.6 is 11.6 Å². The van der Waals surface area contributed by atoms with Crippen LogP contribution in [0, 0.1) is 0 Å². The summed E-state index contributed by atoms with van der Waals surface area (Å²) in [6.45, 7) is 2.48. The number of nitrogens with one attached hydrogen (secondary N) is 2. The molecule has 2 aromatic rings. The van der Waals surface area contributed by atoms with Crippen molar-refractivity contribution in [3.8, 4) is 11.6 Å². The summed E-state index contributed by atoms with van der Waals surface area (Å²) < 4.78 is 15.7. The van der Waals surface area contributed by atoms with E-state index in [0.29, 0.717) is 30.9 Å². The van der Waals surface area contributed by atoms with Gasteiger partial charge in [0.1, 0.15) is 17.1 Å². The number of aromatic nitrogens is 1. The molecule has 1 fully saturated rings. The molecule has 0 spiro atoms. The van der Waals surface area contributed by atoms with Crippen molar-refractivity contribution in [3.63, 3.8) is 0 Å². The predicted molar refractivity (Wildman–Crippen MR) is 130 cm³/mol. The Hall–Kier alpha value is -3.41. The Morgan fingerprint density at radius 3 is 2.57 bits per heavy atom. The fourth-order valence-electron chi connectivity index (χ4n) is 3.75. The van der Waals surface area contributed by atoms with Crippen LogP contribution in [0.5, 0.6) is 11.6 Å². The summed E-state index contributed by atoms with van der Waals surface area (Å²) in [5.74, 6) is -0.476. The number of hydrogen-bond acceptors (Lipinski definition) is 9. The first-order valence-corrected chi connectivity index (χ1v) is 11.2. The molecular formula is C23H28ClN5O6. The van der Waals surface area contributed by atoms with E-state index in [4.69, 9.17) is 31.5 Å². The Labute approximate surface area is 207 Å². The molecule has 1 aromatic heterocycles. The van der Waals surface area contributed by atoms with Crippen LogP contribution in [-0.4, -0.2) is 73.7 Å². The smallest absolute Gasteiger partial charge is 0.308 e. The molecule has 1 aliphatic rings. The highest BCUT2D eigenvalue weighted by Crippen LogP contribution is 2.25. The predicted octanol–water partition coefficient (Wildman–Crippen LogP) is 1.71. The molecule has 0 radical (unpaired) electrons. The second kappa shape index (κ2) is 11.8. The summed E-state index contributed by atoms with van der Waals surface area (Å²) in [6.07, 6.45) is 0.222. The van der Waals surface area contributed by atoms with E-state index in [1.807, 2.05) is 4.90 Å². The van der Waals surface area contributed by atoms with Crippen molar-refractivity contribution in [2.45, 2.75) is 25.5 Å². The number of esters is 1. The van der Waals surface area contributed by atoms with E-state index >= 15 is 0 Å². The number of likely N-dealkylation sites (tertiary alicyclic amines) is 1. The van der Waals surface area contributed by atoms with Gasteiger partial charge in [0.15, 0.2) is 0 Å². The van der Waals surface area contributed by atoms with Crippen LogP contribution in [0.15, 0.2) is 30.3 Å². The molecule has 2 atom stereocenters. The highest BCUT2D eigenvalue weighted by atomic mass is 35.5. The van der Waals surface area contributed by atoms with Crippen molar-refractivity contribution in [2.24, 2.45) is 0 Å². The molecule has 12 heteroatoms. The highest BCUT2D eigenvalue weighted by molar-refractivity contribution is 6.33. The monoisotopic (exact) mass is 505 g/mol. The van der Waals surface area contributed by atoms with Gasteiger partial charge in [0, 0.05) is 32.8 Å². The second-order valence-corrected chi connectivity index (χ2v) is 8.36. The summed E-state index contributed by atoms with van der Waals surface area (Å²) in [4.78, 5) is 42.3. The first-order chi connectivity index (χ1) is 16.7. The standard InChI is InChI=1S/C23H28ClN5O6/c1-13(30)35-15-6-4-14(5-7-15)26-20(31)12-29-9-8-18(19(11-29)33-2)27-22(32)16-10-17(24)21(25)28-23(16)34-3/h4-7,10,18-19H,8-9,11-12H2,1-3H3,(H2,25,28)(H,26,31)(H,27,32). The Morgan fingerprint density at radius 2 is 1.94 bits per heavy atom. The van der Waals surface area contributed by atoms with Gasteiger partial charge in [0.25, 0.3) is 5.91 Å². The lowest BCUT2D eigenvalue weighted by molar-refractivity contribution is -0.131. The number of nitrogen functional groups attached to an aromatic ring is 1. The number of piperidine rings is 1. The Balaban J connectivity index is 1.55. The van der Waals surface area contributed by atoms with Crippen molar-refractivity contribution in [2.75, 3.05) is 44.9 Å². The molecule has 4 N–H and O–H groups in total. The lowest BCUT2D eigenvalue weighted by Crippen LogP contribution is -2.55. The molecule has 0 aliphatic carbocycles. The zero-order valence-electron chi connectivity index (χ0n) is 19.7. The Morgan fingerprint density at radius 1 is 1.23 bits per heavy atom. The number of nitrogens with two attached hydrogens (primary N) is 1. The number of carbonyl (C=O) groups excluding carboxylic acids is 3. The second-order valence-electron chi connectivity index (χ2n) is 7.96. The van der Waals surface area contributed by atoms with E-state index < -0.39 is 11.9 Å². The number of halogens is 1. The summed E-state index contributed by atoms with van der Waals surface area (Å²) in [7, 11) is 2.95. The number of pyridine rings is 1. The van der Waals surface area contributed by atoms with Gasteiger partial charge >= 0.3 is 5.97 Å². The van der Waals surface area contributed by atoms with Crippen LogP contribution in [0.3, 0.4) is 0 Å². The van der Waals surface area contributed by atoms with Gasteiger partial charge in [-0.15, -0.1) is 0 Å². The van der Waals surface area contributed by atoms with E-state index in [1.54, 1.807) is 31.4 Å². The van der Waals surface area contributed by atoms with Crippen LogP contribution in [-0.2, 0) is 14.3 Å². The van der Waals surface area contributed by atoms with Crippen LogP contribution in [0.25, 0.3) is 0 Å². The molecule has 1 aromatic carbocycles. The SMILES string of the molecule is COc1nc(N)c(Cl)cc1C(=O)NC1CCN(CC(=O)Nc2ccc(OC(C)=O)cc2)CC1OC. The van der Waals surface area contributed by atoms with Gasteiger partial charge in [-0.2, -0.15) is 4.98 Å². The third kappa shape index (κ3) is 7.04. The first-order valence-electron chi connectivity index (χ1n) is 10.8. The maximum Gasteiger partial charge on any atom is 0.308 e. The maximum absolute atomic E-state index is 12.9. The number of nitrogens with zero attached hydrogens (tertiary/aromatic N) is 2. The molecular weight excluding hydrogens is 478 g/mol. The van der Waals surface area contributed by atoms with Crippen LogP contribution in [0.2, 0.25) is 5.02 Å². The molecule has 35 heavy (non-hydrogen) atoms. The molecule has 2 heterocycles. The summed E-state index contributed by atoms with van der Waals surface area (Å²) in [5.41, 5.74) is 6.44. The number of benzene rings is 1. The van der Waals surface area contributed by atoms with E-state index in [1.165, 1.54) is 20.1 Å². The number of anilines is 2. The third-order valence-electron chi connectivity index (χ3n) is 5.44. The third-order valence-corrected chi connectivity index (χ3v) is 5.74. The average molecular weight is 506 g/mol. The highest BCUT2D eigenvalue weighted by Gasteiger charge is 2.32. The van der Waals surface area contributed by atoms with Gasteiger partial charge in [-0.25, -0.2) is 0 Å². The normalized spacial score (nSPS) is 17.9. The van der Waals surface area contributed by atoms with Gasteiger partial charge in [-0.3, -0.25) is 19.3 Å². The molecule has 0 saturated carbocycles. The molecule has 2 amide bonds. The van der Waals surface area contributed by atoms with Crippen molar-refractivity contribution in [1.82, 2.24) is 15.2 Å². The van der Waals surface area contributed by atoms with Gasteiger partial charge in [0.05, 0.1) is 30.8 Å². The number of amides is 2. The van der Waals surface area contributed by atoms with Crippen LogP contribution < -0.4 is 25.8 Å². The largest absolute Gasteiger partial charge is 0.480 e. The molecule has 1 aliphatic heterocycles. The number of carbonyl (C=O) groups is 3. The van der Waals surface area contributed by atoms with Crippen molar-refractivity contribution < 1.29 is 28.6 Å².